The number of hydrogen-bond acceptors (Lipinski definition) is 6. The molecule has 0 spiro atoms. The molecule has 0 bridgehead atoms. The quantitative estimate of drug-likeness (QED) is 0.316. The van der Waals surface area contributed by atoms with Crippen molar-refractivity contribution in [2.45, 2.75) is 25.3 Å². The van der Waals surface area contributed by atoms with Gasteiger partial charge in [0.25, 0.3) is 5.91 Å². The number of carbonyl (C=O) groups excluding carboxylic acids is 1. The molecule has 8 N–H and O–H groups in total. The molecule has 0 aliphatic rings. The van der Waals surface area contributed by atoms with Gasteiger partial charge in [-0.05, 0) is 25.0 Å². The Morgan fingerprint density at radius 3 is 2.18 bits per heavy atom. The smallest absolute Gasteiger partial charge is 0.251 e. The van der Waals surface area contributed by atoms with Gasteiger partial charge in [-0.15, -0.1) is 24.8 Å². The van der Waals surface area contributed by atoms with Gasteiger partial charge < -0.3 is 32.1 Å². The Morgan fingerprint density at radius 1 is 1.14 bits per heavy atom. The summed E-state index contributed by atoms with van der Waals surface area (Å²) in [6.07, 6.45) is 2.41. The first-order valence-corrected chi connectivity index (χ1v) is 6.44. The number of hydrogen-bond donors (Lipinski definition) is 6. The zero-order valence-corrected chi connectivity index (χ0v) is 13.6. The number of benzene rings is 1. The minimum absolute atomic E-state index is 0. The van der Waals surface area contributed by atoms with Crippen LogP contribution in [0.5, 0.6) is 17.2 Å². The van der Waals surface area contributed by atoms with Crippen LogP contribution in [0.1, 0.15) is 29.6 Å². The fourth-order valence-electron chi connectivity index (χ4n) is 1.69. The molecule has 0 aliphatic heterocycles. The monoisotopic (exact) mass is 355 g/mol. The second-order valence-electron chi connectivity index (χ2n) is 4.61. The molecule has 0 fully saturated rings. The largest absolute Gasteiger partial charge is 0.504 e. The second kappa shape index (κ2) is 11.2. The maximum absolute atomic E-state index is 11.8. The maximum atomic E-state index is 11.8. The van der Waals surface area contributed by atoms with E-state index in [-0.39, 0.29) is 36.4 Å². The standard InChI is InChI=1S/C13H21N3O4.2ClH/c14-7-9(15)3-1-2-4-16-13(20)8-5-10(17)12(19)11(18)6-8;;/h5-6,9,17-19H,1-4,7,14-15H2,(H,16,20);2*1H. The fourth-order valence-corrected chi connectivity index (χ4v) is 1.69. The van der Waals surface area contributed by atoms with Crippen LogP contribution in [0.4, 0.5) is 0 Å². The lowest BCUT2D eigenvalue weighted by Crippen LogP contribution is -2.30. The number of nitrogens with two attached hydrogens (primary N) is 2. The molecule has 0 saturated heterocycles. The molecule has 0 saturated carbocycles. The number of phenols is 3. The summed E-state index contributed by atoms with van der Waals surface area (Å²) in [6.45, 7) is 0.900. The lowest BCUT2D eigenvalue weighted by atomic mass is 10.1. The van der Waals surface area contributed by atoms with Crippen LogP contribution < -0.4 is 16.8 Å². The van der Waals surface area contributed by atoms with Crippen molar-refractivity contribution in [2.75, 3.05) is 13.1 Å². The summed E-state index contributed by atoms with van der Waals surface area (Å²) in [5.41, 5.74) is 11.1. The maximum Gasteiger partial charge on any atom is 0.251 e. The highest BCUT2D eigenvalue weighted by Gasteiger charge is 2.13. The molecule has 7 nitrogen and oxygen atoms in total. The molecule has 9 heteroatoms. The van der Waals surface area contributed by atoms with E-state index in [9.17, 15) is 20.1 Å². The average Bonchev–Trinajstić information content (AvgIpc) is 2.43. The minimum atomic E-state index is -0.641. The van der Waals surface area contributed by atoms with Crippen LogP contribution in [0.25, 0.3) is 0 Å². The predicted octanol–water partition coefficient (Wildman–Crippen LogP) is 0.833. The summed E-state index contributed by atoms with van der Waals surface area (Å²) in [5, 5.41) is 30.5. The summed E-state index contributed by atoms with van der Waals surface area (Å²) in [5.74, 6) is -2.15. The summed E-state index contributed by atoms with van der Waals surface area (Å²) < 4.78 is 0. The molecule has 1 amide bonds. The van der Waals surface area contributed by atoms with E-state index in [0.29, 0.717) is 13.1 Å². The van der Waals surface area contributed by atoms with Gasteiger partial charge >= 0.3 is 0 Å². The van der Waals surface area contributed by atoms with Crippen molar-refractivity contribution in [3.63, 3.8) is 0 Å². The Labute approximate surface area is 141 Å². The average molecular weight is 356 g/mol. The van der Waals surface area contributed by atoms with Crippen molar-refractivity contribution in [1.29, 1.82) is 0 Å². The van der Waals surface area contributed by atoms with Crippen molar-refractivity contribution >= 4 is 30.7 Å². The van der Waals surface area contributed by atoms with Gasteiger partial charge in [0, 0.05) is 24.7 Å². The fraction of sp³-hybridized carbons (Fsp3) is 0.462. The van der Waals surface area contributed by atoms with Crippen LogP contribution in [0.2, 0.25) is 0 Å². The molecule has 128 valence electrons. The van der Waals surface area contributed by atoms with Crippen LogP contribution in [0.15, 0.2) is 12.1 Å². The molecule has 0 aliphatic carbocycles. The summed E-state index contributed by atoms with van der Waals surface area (Å²) in [4.78, 5) is 11.8. The number of phenolic OH excluding ortho intramolecular Hbond substituents is 3. The summed E-state index contributed by atoms with van der Waals surface area (Å²) in [6, 6.07) is 2.17. The first kappa shape index (κ1) is 22.9. The number of halogens is 2. The molecule has 1 rings (SSSR count). The minimum Gasteiger partial charge on any atom is -0.504 e. The van der Waals surface area contributed by atoms with E-state index in [1.54, 1.807) is 0 Å². The van der Waals surface area contributed by atoms with Gasteiger partial charge in [0.15, 0.2) is 17.2 Å². The summed E-state index contributed by atoms with van der Waals surface area (Å²) in [7, 11) is 0. The molecular formula is C13H23Cl2N3O4. The second-order valence-corrected chi connectivity index (χ2v) is 4.61. The highest BCUT2D eigenvalue weighted by Crippen LogP contribution is 2.35. The van der Waals surface area contributed by atoms with Crippen LogP contribution in [0, 0.1) is 0 Å². The van der Waals surface area contributed by atoms with Gasteiger partial charge in [-0.1, -0.05) is 6.42 Å². The molecule has 1 aromatic rings. The number of carbonyl (C=O) groups is 1. The van der Waals surface area contributed by atoms with E-state index in [4.69, 9.17) is 11.5 Å². The first-order valence-electron chi connectivity index (χ1n) is 6.44. The normalized spacial score (nSPS) is 11.0. The van der Waals surface area contributed by atoms with Gasteiger partial charge in [0.2, 0.25) is 0 Å². The molecule has 0 radical (unpaired) electrons. The number of aromatic hydroxyl groups is 3. The van der Waals surface area contributed by atoms with Crippen molar-refractivity contribution in [1.82, 2.24) is 5.32 Å². The first-order chi connectivity index (χ1) is 9.45. The third-order valence-corrected chi connectivity index (χ3v) is 2.92. The molecular weight excluding hydrogens is 333 g/mol. The molecule has 0 heterocycles. The van der Waals surface area contributed by atoms with Gasteiger partial charge in [-0.3, -0.25) is 4.79 Å². The highest BCUT2D eigenvalue weighted by atomic mass is 35.5. The zero-order chi connectivity index (χ0) is 15.1. The highest BCUT2D eigenvalue weighted by molar-refractivity contribution is 5.95. The van der Waals surface area contributed by atoms with E-state index in [1.807, 2.05) is 0 Å². The van der Waals surface area contributed by atoms with Crippen LogP contribution in [0.3, 0.4) is 0 Å². The van der Waals surface area contributed by atoms with Gasteiger partial charge in [0.05, 0.1) is 0 Å². The van der Waals surface area contributed by atoms with Crippen LogP contribution in [-0.4, -0.2) is 40.4 Å². The number of amides is 1. The van der Waals surface area contributed by atoms with Crippen molar-refractivity contribution in [2.24, 2.45) is 11.5 Å². The lowest BCUT2D eigenvalue weighted by molar-refractivity contribution is 0.0952. The third-order valence-electron chi connectivity index (χ3n) is 2.92. The van der Waals surface area contributed by atoms with Gasteiger partial charge in [-0.2, -0.15) is 0 Å². The Kier molecular flexibility index (Phi) is 11.6. The topological polar surface area (TPSA) is 142 Å². The molecule has 1 aromatic carbocycles. The number of rotatable bonds is 7. The van der Waals surface area contributed by atoms with E-state index in [1.165, 1.54) is 0 Å². The SMILES string of the molecule is Cl.Cl.NCC(N)CCCCNC(=O)c1cc(O)c(O)c(O)c1. The van der Waals surface area contributed by atoms with Gasteiger partial charge in [0.1, 0.15) is 0 Å². The molecule has 0 aromatic heterocycles. The third kappa shape index (κ3) is 7.04. The Balaban J connectivity index is 0. The molecule has 22 heavy (non-hydrogen) atoms. The molecule has 1 atom stereocenters. The van der Waals surface area contributed by atoms with E-state index < -0.39 is 23.2 Å². The molecule has 1 unspecified atom stereocenters. The van der Waals surface area contributed by atoms with Crippen LogP contribution >= 0.6 is 24.8 Å². The van der Waals surface area contributed by atoms with Crippen molar-refractivity contribution in [3.05, 3.63) is 17.7 Å². The summed E-state index contributed by atoms with van der Waals surface area (Å²) >= 11 is 0. The Hall–Kier alpha value is -1.41. The van der Waals surface area contributed by atoms with Crippen molar-refractivity contribution < 1.29 is 20.1 Å². The van der Waals surface area contributed by atoms with Crippen LogP contribution in [-0.2, 0) is 0 Å². The number of unbranched alkanes of at least 4 members (excludes halogenated alkanes) is 1. The van der Waals surface area contributed by atoms with E-state index in [0.717, 1.165) is 31.4 Å². The lowest BCUT2D eigenvalue weighted by Gasteiger charge is -2.09. The van der Waals surface area contributed by atoms with E-state index in [2.05, 4.69) is 5.32 Å². The van der Waals surface area contributed by atoms with E-state index >= 15 is 0 Å². The predicted molar refractivity (Wildman–Crippen MR) is 89.1 cm³/mol. The Bertz CT molecular complexity index is 452. The zero-order valence-electron chi connectivity index (χ0n) is 12.0. The van der Waals surface area contributed by atoms with Crippen molar-refractivity contribution in [3.8, 4) is 17.2 Å². The van der Waals surface area contributed by atoms with Gasteiger partial charge in [-0.25, -0.2) is 0 Å². The Morgan fingerprint density at radius 2 is 1.68 bits per heavy atom. The number of nitrogens with one attached hydrogen (secondary N) is 1.